The van der Waals surface area contributed by atoms with Crippen LogP contribution in [0.4, 0.5) is 0 Å². The predicted octanol–water partition coefficient (Wildman–Crippen LogP) is 18.1. The smallest absolute Gasteiger partial charge is 0.238 e. The second-order valence-electron chi connectivity index (χ2n) is 21.2. The van der Waals surface area contributed by atoms with Crippen molar-refractivity contribution in [2.45, 2.75) is 19.3 Å². The first kappa shape index (κ1) is 44.2. The molecule has 0 radical (unpaired) electrons. The molecule has 0 bridgehead atoms. The number of hydrogen-bond donors (Lipinski definition) is 0. The standard InChI is InChI=1S/C72H48N6/c1-72(2)61-27-15-12-24-53(61)54-35-34-52(44-62(54)72)77-64-29-17-14-26-56(64)58-41-48(31-37-66(58)77)50-33-39-68-60(43-50)59-42-49(47-30-36-65-57(40-47)55-25-13-16-28-63(55)76(65)51-22-10-5-11-23-51)32-38-67(59)78(68)71-74-69(45-18-6-3-7-19-45)73-70(75-71)46-20-8-4-9-21-46/h3-44H,1-2H3. The first-order chi connectivity index (χ1) is 38.4. The molecule has 4 aromatic heterocycles. The van der Waals surface area contributed by atoms with Gasteiger partial charge in [-0.2, -0.15) is 9.97 Å². The lowest BCUT2D eigenvalue weighted by Crippen LogP contribution is -2.15. The maximum Gasteiger partial charge on any atom is 0.238 e. The van der Waals surface area contributed by atoms with Crippen LogP contribution in [-0.2, 0) is 5.41 Å². The van der Waals surface area contributed by atoms with Crippen LogP contribution in [0.1, 0.15) is 25.0 Å². The number of para-hydroxylation sites is 3. The molecule has 0 N–H and O–H groups in total. The number of nitrogens with zero attached hydrogens (tertiary/aromatic N) is 6. The van der Waals surface area contributed by atoms with E-state index in [-0.39, 0.29) is 5.41 Å². The van der Waals surface area contributed by atoms with Crippen molar-refractivity contribution < 1.29 is 0 Å². The number of fused-ring (bicyclic) bond motifs is 12. The summed E-state index contributed by atoms with van der Waals surface area (Å²) >= 11 is 0. The molecule has 0 atom stereocenters. The minimum atomic E-state index is -0.105. The van der Waals surface area contributed by atoms with Crippen LogP contribution in [0.15, 0.2) is 255 Å². The lowest BCUT2D eigenvalue weighted by Gasteiger charge is -2.22. The van der Waals surface area contributed by atoms with E-state index in [4.69, 9.17) is 15.0 Å². The molecule has 1 aliphatic carbocycles. The van der Waals surface area contributed by atoms with Gasteiger partial charge in [-0.15, -0.1) is 0 Å². The van der Waals surface area contributed by atoms with Gasteiger partial charge in [0.05, 0.1) is 33.1 Å². The Morgan fingerprint density at radius 1 is 0.269 bits per heavy atom. The number of benzene rings is 11. The second-order valence-corrected chi connectivity index (χ2v) is 21.2. The Labute approximate surface area is 450 Å². The summed E-state index contributed by atoms with van der Waals surface area (Å²) in [5.41, 5.74) is 20.8. The Hall–Kier alpha value is -10.2. The highest BCUT2D eigenvalue weighted by Gasteiger charge is 2.35. The largest absolute Gasteiger partial charge is 0.309 e. The molecule has 0 aliphatic heterocycles. The molecule has 0 unspecified atom stereocenters. The van der Waals surface area contributed by atoms with Crippen molar-refractivity contribution in [3.05, 3.63) is 266 Å². The molecule has 366 valence electrons. The molecule has 0 spiro atoms. The summed E-state index contributed by atoms with van der Waals surface area (Å²) in [6.07, 6.45) is 0. The normalized spacial score (nSPS) is 12.8. The Bertz CT molecular complexity index is 4870. The molecule has 6 heteroatoms. The Balaban J connectivity index is 0.892. The Morgan fingerprint density at radius 2 is 0.667 bits per heavy atom. The van der Waals surface area contributed by atoms with Crippen molar-refractivity contribution in [2.24, 2.45) is 0 Å². The predicted molar refractivity (Wildman–Crippen MR) is 322 cm³/mol. The molecule has 6 nitrogen and oxygen atoms in total. The van der Waals surface area contributed by atoms with E-state index in [0.29, 0.717) is 17.6 Å². The van der Waals surface area contributed by atoms with Gasteiger partial charge >= 0.3 is 0 Å². The van der Waals surface area contributed by atoms with Gasteiger partial charge in [-0.3, -0.25) is 4.57 Å². The third-order valence-corrected chi connectivity index (χ3v) is 16.5. The van der Waals surface area contributed by atoms with Crippen LogP contribution in [0, 0.1) is 0 Å². The molecule has 0 saturated carbocycles. The number of aromatic nitrogens is 6. The zero-order chi connectivity index (χ0) is 51.6. The monoisotopic (exact) mass is 996 g/mol. The van der Waals surface area contributed by atoms with Gasteiger partial charge in [-0.25, -0.2) is 4.98 Å². The first-order valence-electron chi connectivity index (χ1n) is 26.8. The highest BCUT2D eigenvalue weighted by molar-refractivity contribution is 6.14. The molecule has 0 amide bonds. The molecular weight excluding hydrogens is 949 g/mol. The van der Waals surface area contributed by atoms with Gasteiger partial charge in [-0.1, -0.05) is 184 Å². The van der Waals surface area contributed by atoms with Crippen molar-refractivity contribution in [2.75, 3.05) is 0 Å². The minimum Gasteiger partial charge on any atom is -0.309 e. The van der Waals surface area contributed by atoms with E-state index < -0.39 is 0 Å². The van der Waals surface area contributed by atoms with Crippen LogP contribution in [-0.4, -0.2) is 28.7 Å². The molecular formula is C72H48N6. The average Bonchev–Trinajstić information content (AvgIpc) is 4.41. The fourth-order valence-corrected chi connectivity index (χ4v) is 12.8. The SMILES string of the molecule is CC1(C)c2ccccc2-c2ccc(-n3c4ccccc4c4cc(-c5ccc6c(c5)c5cc(-c7ccc8c(c7)c7ccccc7n8-c7ccccc7)ccc5n6-c5nc(-c6ccccc6)nc(-c6ccccc6)n5)ccc43)cc21. The zero-order valence-corrected chi connectivity index (χ0v) is 42.9. The maximum atomic E-state index is 5.29. The van der Waals surface area contributed by atoms with Crippen molar-refractivity contribution in [3.8, 4) is 73.5 Å². The van der Waals surface area contributed by atoms with E-state index in [9.17, 15) is 0 Å². The fourth-order valence-electron chi connectivity index (χ4n) is 12.8. The van der Waals surface area contributed by atoms with E-state index in [1.165, 1.54) is 71.6 Å². The van der Waals surface area contributed by atoms with Crippen LogP contribution in [0.2, 0.25) is 0 Å². The molecule has 78 heavy (non-hydrogen) atoms. The molecule has 16 rings (SSSR count). The summed E-state index contributed by atoms with van der Waals surface area (Å²) in [7, 11) is 0. The van der Waals surface area contributed by atoms with Gasteiger partial charge in [0, 0.05) is 60.2 Å². The van der Waals surface area contributed by atoms with E-state index >= 15 is 0 Å². The molecule has 11 aromatic carbocycles. The summed E-state index contributed by atoms with van der Waals surface area (Å²) < 4.78 is 7.05. The summed E-state index contributed by atoms with van der Waals surface area (Å²) in [6, 6.07) is 92.2. The van der Waals surface area contributed by atoms with Crippen LogP contribution in [0.3, 0.4) is 0 Å². The van der Waals surface area contributed by atoms with E-state index in [2.05, 4.69) is 246 Å². The molecule has 1 aliphatic rings. The molecule has 15 aromatic rings. The van der Waals surface area contributed by atoms with Crippen molar-refractivity contribution in [3.63, 3.8) is 0 Å². The maximum absolute atomic E-state index is 5.29. The molecule has 0 saturated heterocycles. The van der Waals surface area contributed by atoms with E-state index in [0.717, 1.165) is 60.9 Å². The summed E-state index contributed by atoms with van der Waals surface area (Å²) in [6.45, 7) is 4.71. The van der Waals surface area contributed by atoms with E-state index in [1.807, 2.05) is 36.4 Å². The summed E-state index contributed by atoms with van der Waals surface area (Å²) in [5, 5.41) is 7.10. The quantitative estimate of drug-likeness (QED) is 0.160. The average molecular weight is 997 g/mol. The van der Waals surface area contributed by atoms with Crippen molar-refractivity contribution >= 4 is 65.4 Å². The fraction of sp³-hybridized carbons (Fsp3) is 0.0417. The van der Waals surface area contributed by atoms with Crippen molar-refractivity contribution in [1.82, 2.24) is 28.7 Å². The highest BCUT2D eigenvalue weighted by atomic mass is 15.2. The van der Waals surface area contributed by atoms with Gasteiger partial charge in [0.25, 0.3) is 0 Å². The molecule has 4 heterocycles. The number of rotatable bonds is 7. The third-order valence-electron chi connectivity index (χ3n) is 16.5. The third kappa shape index (κ3) is 6.66. The highest BCUT2D eigenvalue weighted by Crippen LogP contribution is 2.50. The van der Waals surface area contributed by atoms with Crippen LogP contribution < -0.4 is 0 Å². The lowest BCUT2D eigenvalue weighted by atomic mass is 9.82. The topological polar surface area (TPSA) is 53.5 Å². The van der Waals surface area contributed by atoms with Gasteiger partial charge in [-0.05, 0) is 129 Å². The van der Waals surface area contributed by atoms with Gasteiger partial charge in [0.1, 0.15) is 0 Å². The van der Waals surface area contributed by atoms with E-state index in [1.54, 1.807) is 0 Å². The molecule has 0 fully saturated rings. The number of hydrogen-bond acceptors (Lipinski definition) is 3. The first-order valence-corrected chi connectivity index (χ1v) is 26.8. The minimum absolute atomic E-state index is 0.105. The summed E-state index contributed by atoms with van der Waals surface area (Å²) in [5.74, 6) is 1.80. The van der Waals surface area contributed by atoms with Crippen LogP contribution in [0.5, 0.6) is 0 Å². The lowest BCUT2D eigenvalue weighted by molar-refractivity contribution is 0.660. The zero-order valence-electron chi connectivity index (χ0n) is 42.9. The van der Waals surface area contributed by atoms with Crippen molar-refractivity contribution in [1.29, 1.82) is 0 Å². The van der Waals surface area contributed by atoms with Gasteiger partial charge < -0.3 is 9.13 Å². The Morgan fingerprint density at radius 3 is 1.19 bits per heavy atom. The van der Waals surface area contributed by atoms with Crippen LogP contribution in [0.25, 0.3) is 139 Å². The van der Waals surface area contributed by atoms with Gasteiger partial charge in [0.2, 0.25) is 5.95 Å². The Kier molecular flexibility index (Phi) is 9.58. The van der Waals surface area contributed by atoms with Gasteiger partial charge in [0.15, 0.2) is 11.6 Å². The van der Waals surface area contributed by atoms with Crippen LogP contribution >= 0.6 is 0 Å². The second kappa shape index (κ2) is 16.9. The summed E-state index contributed by atoms with van der Waals surface area (Å²) in [4.78, 5) is 15.7.